The number of nitrogens with zero attached hydrogens (tertiary/aromatic N) is 1. The van der Waals surface area contributed by atoms with Gasteiger partial charge in [0.2, 0.25) is 5.75 Å². The van der Waals surface area contributed by atoms with Crippen LogP contribution in [-0.2, 0) is 6.42 Å². The van der Waals surface area contributed by atoms with E-state index < -0.39 is 0 Å². The van der Waals surface area contributed by atoms with Crippen LogP contribution in [0.4, 0.5) is 0 Å². The Bertz CT molecular complexity index is 833. The zero-order valence-electron chi connectivity index (χ0n) is 18.6. The Hall–Kier alpha value is -3.02. The van der Waals surface area contributed by atoms with Crippen LogP contribution in [0, 0.1) is 0 Å². The Labute approximate surface area is 179 Å². The van der Waals surface area contributed by atoms with E-state index in [1.54, 1.807) is 12.1 Å². The normalized spacial score (nSPS) is 11.2. The van der Waals surface area contributed by atoms with Crippen molar-refractivity contribution in [1.29, 1.82) is 0 Å². The summed E-state index contributed by atoms with van der Waals surface area (Å²) < 4.78 is 17.0. The summed E-state index contributed by atoms with van der Waals surface area (Å²) in [6.45, 7) is 11.0. The SMILES string of the molecule is CCCc1ccc(/C(C)=N/NC(=O)c2cc(OCC)c(OCC)c(OCC)c2)cc1. The quantitative estimate of drug-likeness (QED) is 0.417. The number of benzene rings is 2. The molecule has 0 fully saturated rings. The molecule has 0 aliphatic carbocycles. The fourth-order valence-electron chi connectivity index (χ4n) is 2.98. The molecule has 0 radical (unpaired) electrons. The smallest absolute Gasteiger partial charge is 0.271 e. The third kappa shape index (κ3) is 6.24. The fraction of sp³-hybridized carbons (Fsp3) is 0.417. The van der Waals surface area contributed by atoms with Gasteiger partial charge in [-0.05, 0) is 57.4 Å². The number of carbonyl (C=O) groups is 1. The molecule has 2 aromatic carbocycles. The second kappa shape index (κ2) is 11.9. The molecule has 30 heavy (non-hydrogen) atoms. The van der Waals surface area contributed by atoms with E-state index in [4.69, 9.17) is 14.2 Å². The van der Waals surface area contributed by atoms with Gasteiger partial charge in [0.05, 0.1) is 25.5 Å². The highest BCUT2D eigenvalue weighted by Crippen LogP contribution is 2.39. The lowest BCUT2D eigenvalue weighted by Gasteiger charge is -2.16. The minimum absolute atomic E-state index is 0.345. The minimum Gasteiger partial charge on any atom is -0.490 e. The summed E-state index contributed by atoms with van der Waals surface area (Å²) in [5.74, 6) is 1.11. The van der Waals surface area contributed by atoms with Crippen LogP contribution >= 0.6 is 0 Å². The number of hydrazone groups is 1. The summed E-state index contributed by atoms with van der Waals surface area (Å²) in [6, 6.07) is 11.5. The first-order valence-electron chi connectivity index (χ1n) is 10.5. The molecule has 1 amide bonds. The molecule has 0 saturated carbocycles. The monoisotopic (exact) mass is 412 g/mol. The lowest BCUT2D eigenvalue weighted by Crippen LogP contribution is -2.20. The summed E-state index contributed by atoms with van der Waals surface area (Å²) >= 11 is 0. The molecule has 2 aromatic rings. The predicted molar refractivity (Wildman–Crippen MR) is 120 cm³/mol. The summed E-state index contributed by atoms with van der Waals surface area (Å²) in [6.07, 6.45) is 2.16. The van der Waals surface area contributed by atoms with Gasteiger partial charge in [-0.15, -0.1) is 0 Å². The zero-order valence-corrected chi connectivity index (χ0v) is 18.6. The van der Waals surface area contributed by atoms with Gasteiger partial charge in [0, 0.05) is 5.56 Å². The Balaban J connectivity index is 2.23. The predicted octanol–water partition coefficient (Wildman–Crippen LogP) is 4.99. The highest BCUT2D eigenvalue weighted by atomic mass is 16.5. The molecule has 0 heterocycles. The molecule has 0 bridgehead atoms. The van der Waals surface area contributed by atoms with Crippen LogP contribution < -0.4 is 19.6 Å². The van der Waals surface area contributed by atoms with Gasteiger partial charge in [0.25, 0.3) is 5.91 Å². The van der Waals surface area contributed by atoms with Gasteiger partial charge in [-0.25, -0.2) is 5.43 Å². The summed E-state index contributed by atoms with van der Waals surface area (Å²) in [7, 11) is 0. The molecule has 1 N–H and O–H groups in total. The third-order valence-electron chi connectivity index (χ3n) is 4.41. The average Bonchev–Trinajstić information content (AvgIpc) is 2.75. The lowest BCUT2D eigenvalue weighted by atomic mass is 10.1. The van der Waals surface area contributed by atoms with Crippen molar-refractivity contribution in [2.45, 2.75) is 47.5 Å². The van der Waals surface area contributed by atoms with E-state index >= 15 is 0 Å². The van der Waals surface area contributed by atoms with Crippen molar-refractivity contribution in [1.82, 2.24) is 5.43 Å². The summed E-state index contributed by atoms with van der Waals surface area (Å²) in [5.41, 5.74) is 6.00. The molecule has 0 aliphatic heterocycles. The molecular weight excluding hydrogens is 380 g/mol. The highest BCUT2D eigenvalue weighted by molar-refractivity contribution is 6.01. The van der Waals surface area contributed by atoms with Crippen molar-refractivity contribution < 1.29 is 19.0 Å². The van der Waals surface area contributed by atoms with E-state index in [2.05, 4.69) is 29.6 Å². The van der Waals surface area contributed by atoms with Crippen LogP contribution in [0.2, 0.25) is 0 Å². The maximum absolute atomic E-state index is 12.7. The highest BCUT2D eigenvalue weighted by Gasteiger charge is 2.18. The third-order valence-corrected chi connectivity index (χ3v) is 4.41. The number of hydrogen-bond donors (Lipinski definition) is 1. The molecule has 0 unspecified atom stereocenters. The van der Waals surface area contributed by atoms with E-state index in [0.717, 1.165) is 24.1 Å². The summed E-state index contributed by atoms with van der Waals surface area (Å²) in [5, 5.41) is 4.26. The van der Waals surface area contributed by atoms with Gasteiger partial charge in [0.15, 0.2) is 11.5 Å². The Morgan fingerprint density at radius 1 is 0.867 bits per heavy atom. The fourth-order valence-corrected chi connectivity index (χ4v) is 2.98. The Morgan fingerprint density at radius 3 is 1.93 bits per heavy atom. The summed E-state index contributed by atoms with van der Waals surface area (Å²) in [4.78, 5) is 12.7. The van der Waals surface area contributed by atoms with Gasteiger partial charge in [0.1, 0.15) is 0 Å². The Morgan fingerprint density at radius 2 is 1.43 bits per heavy atom. The number of aryl methyl sites for hydroxylation is 1. The van der Waals surface area contributed by atoms with Crippen LogP contribution in [0.25, 0.3) is 0 Å². The van der Waals surface area contributed by atoms with E-state index in [0.29, 0.717) is 42.6 Å². The molecule has 2 rings (SSSR count). The molecule has 0 atom stereocenters. The standard InChI is InChI=1S/C24H32N2O4/c1-6-10-18-11-13-19(14-12-18)17(5)25-26-24(27)20-15-21(28-7-2)23(30-9-4)22(16-20)29-8-3/h11-16H,6-10H2,1-5H3,(H,26,27)/b25-17+. The van der Waals surface area contributed by atoms with E-state index in [-0.39, 0.29) is 5.91 Å². The number of rotatable bonds is 11. The molecular formula is C24H32N2O4. The van der Waals surface area contributed by atoms with Crippen LogP contribution in [0.15, 0.2) is 41.5 Å². The first kappa shape index (κ1) is 23.3. The van der Waals surface area contributed by atoms with E-state index in [1.807, 2.05) is 39.8 Å². The van der Waals surface area contributed by atoms with Crippen LogP contribution in [0.3, 0.4) is 0 Å². The number of nitrogens with one attached hydrogen (secondary N) is 1. The minimum atomic E-state index is -0.345. The van der Waals surface area contributed by atoms with Crippen molar-refractivity contribution in [2.75, 3.05) is 19.8 Å². The maximum atomic E-state index is 12.7. The van der Waals surface area contributed by atoms with Crippen LogP contribution in [-0.4, -0.2) is 31.4 Å². The first-order valence-corrected chi connectivity index (χ1v) is 10.5. The first-order chi connectivity index (χ1) is 14.5. The van der Waals surface area contributed by atoms with Gasteiger partial charge < -0.3 is 14.2 Å². The van der Waals surface area contributed by atoms with E-state index in [1.165, 1.54) is 5.56 Å². The van der Waals surface area contributed by atoms with Crippen molar-refractivity contribution in [3.63, 3.8) is 0 Å². The maximum Gasteiger partial charge on any atom is 0.271 e. The zero-order chi connectivity index (χ0) is 21.9. The number of hydrogen-bond acceptors (Lipinski definition) is 5. The number of carbonyl (C=O) groups excluding carboxylic acids is 1. The molecule has 0 spiro atoms. The number of amides is 1. The molecule has 6 nitrogen and oxygen atoms in total. The van der Waals surface area contributed by atoms with Crippen molar-refractivity contribution in [2.24, 2.45) is 5.10 Å². The second-order valence-electron chi connectivity index (χ2n) is 6.69. The van der Waals surface area contributed by atoms with Crippen LogP contribution in [0.5, 0.6) is 17.2 Å². The molecule has 0 saturated heterocycles. The van der Waals surface area contributed by atoms with E-state index in [9.17, 15) is 4.79 Å². The largest absolute Gasteiger partial charge is 0.490 e. The van der Waals surface area contributed by atoms with Crippen molar-refractivity contribution in [3.05, 3.63) is 53.1 Å². The van der Waals surface area contributed by atoms with Crippen LogP contribution in [0.1, 0.15) is 62.5 Å². The molecule has 162 valence electrons. The van der Waals surface area contributed by atoms with Gasteiger partial charge >= 0.3 is 0 Å². The average molecular weight is 413 g/mol. The number of ether oxygens (including phenoxy) is 3. The molecule has 0 aliphatic rings. The lowest BCUT2D eigenvalue weighted by molar-refractivity contribution is 0.0953. The van der Waals surface area contributed by atoms with Gasteiger partial charge in [-0.2, -0.15) is 5.10 Å². The van der Waals surface area contributed by atoms with Gasteiger partial charge in [-0.3, -0.25) is 4.79 Å². The van der Waals surface area contributed by atoms with Crippen molar-refractivity contribution in [3.8, 4) is 17.2 Å². The second-order valence-corrected chi connectivity index (χ2v) is 6.69. The van der Waals surface area contributed by atoms with Gasteiger partial charge in [-0.1, -0.05) is 37.6 Å². The molecule has 6 heteroatoms. The topological polar surface area (TPSA) is 69.2 Å². The Kier molecular flexibility index (Phi) is 9.19. The van der Waals surface area contributed by atoms with Crippen molar-refractivity contribution >= 4 is 11.6 Å². The molecule has 0 aromatic heterocycles.